The summed E-state index contributed by atoms with van der Waals surface area (Å²) in [5.41, 5.74) is 1.69. The molecule has 220 valence electrons. The maximum Gasteiger partial charge on any atom is 0.261 e. The van der Waals surface area contributed by atoms with Gasteiger partial charge < -0.3 is 29.4 Å². The molecule has 0 saturated carbocycles. The predicted molar refractivity (Wildman–Crippen MR) is 164 cm³/mol. The number of carbonyl (C=O) groups excluding carboxylic acids is 1. The van der Waals surface area contributed by atoms with Crippen molar-refractivity contribution in [1.29, 1.82) is 0 Å². The van der Waals surface area contributed by atoms with E-state index in [1.807, 2.05) is 28.8 Å². The number of aromatic nitrogens is 2. The lowest BCUT2D eigenvalue weighted by Gasteiger charge is -2.22. The Morgan fingerprint density at radius 2 is 1.86 bits per heavy atom. The summed E-state index contributed by atoms with van der Waals surface area (Å²) in [6.45, 7) is 1.89. The number of rotatable bonds is 7. The van der Waals surface area contributed by atoms with Crippen LogP contribution < -0.4 is 25.5 Å². The Morgan fingerprint density at radius 3 is 2.66 bits per heavy atom. The van der Waals surface area contributed by atoms with Crippen LogP contribution in [0.15, 0.2) is 102 Å². The second kappa shape index (κ2) is 11.7. The number of fused-ring (bicyclic) bond motifs is 2. The van der Waals surface area contributed by atoms with Crippen molar-refractivity contribution in [3.05, 3.63) is 119 Å². The molecule has 4 heterocycles. The molecule has 44 heavy (non-hydrogen) atoms. The fraction of sp³-hybridized carbons (Fsp3) is 0.147. The SMILES string of the molecule is O=C(Nc1ccc(Oc2ccnc3c2Oc2ccccc2N3)cc1)c1cn(CC2CCOC2)cc(-c2ccc(F)cc2)c1=O. The average molecular weight is 591 g/mol. The fourth-order valence-corrected chi connectivity index (χ4v) is 5.29. The quantitative estimate of drug-likeness (QED) is 0.207. The molecular weight excluding hydrogens is 563 g/mol. The van der Waals surface area contributed by atoms with Crippen LogP contribution in [-0.4, -0.2) is 28.7 Å². The van der Waals surface area contributed by atoms with E-state index in [1.54, 1.807) is 48.9 Å². The van der Waals surface area contributed by atoms with E-state index in [1.165, 1.54) is 24.3 Å². The third-order valence-corrected chi connectivity index (χ3v) is 7.53. The summed E-state index contributed by atoms with van der Waals surface area (Å²) in [7, 11) is 0. The van der Waals surface area contributed by atoms with Crippen molar-refractivity contribution >= 4 is 23.1 Å². The van der Waals surface area contributed by atoms with Gasteiger partial charge in [0, 0.05) is 55.0 Å². The molecular formula is C34H27FN4O5. The Labute approximate surface area is 251 Å². The summed E-state index contributed by atoms with van der Waals surface area (Å²) in [5, 5.41) is 6.07. The molecule has 2 aromatic heterocycles. The number of amides is 1. The third-order valence-electron chi connectivity index (χ3n) is 7.53. The lowest BCUT2D eigenvalue weighted by Crippen LogP contribution is -2.25. The van der Waals surface area contributed by atoms with Gasteiger partial charge in [0.2, 0.25) is 11.2 Å². The van der Waals surface area contributed by atoms with Gasteiger partial charge in [0.25, 0.3) is 5.91 Å². The van der Waals surface area contributed by atoms with Crippen LogP contribution in [0.5, 0.6) is 23.0 Å². The molecule has 2 aliphatic heterocycles. The number of carbonyl (C=O) groups is 1. The molecule has 2 aliphatic rings. The Hall–Kier alpha value is -5.48. The zero-order valence-electron chi connectivity index (χ0n) is 23.5. The van der Waals surface area contributed by atoms with Gasteiger partial charge in [-0.25, -0.2) is 9.37 Å². The summed E-state index contributed by atoms with van der Waals surface area (Å²) >= 11 is 0. The van der Waals surface area contributed by atoms with Crippen molar-refractivity contribution in [2.75, 3.05) is 23.8 Å². The van der Waals surface area contributed by atoms with Crippen molar-refractivity contribution in [2.45, 2.75) is 13.0 Å². The van der Waals surface area contributed by atoms with Crippen molar-refractivity contribution in [3.8, 4) is 34.1 Å². The van der Waals surface area contributed by atoms with Crippen LogP contribution in [0.2, 0.25) is 0 Å². The number of nitrogens with one attached hydrogen (secondary N) is 2. The number of nitrogens with zero attached hydrogens (tertiary/aromatic N) is 2. The first-order valence-electron chi connectivity index (χ1n) is 14.2. The Kier molecular flexibility index (Phi) is 7.25. The van der Waals surface area contributed by atoms with Crippen LogP contribution >= 0.6 is 0 Å². The van der Waals surface area contributed by atoms with Gasteiger partial charge in [-0.15, -0.1) is 0 Å². The van der Waals surface area contributed by atoms with Crippen LogP contribution in [0.1, 0.15) is 16.8 Å². The fourth-order valence-electron chi connectivity index (χ4n) is 5.29. The normalized spacial score (nSPS) is 15.0. The monoisotopic (exact) mass is 590 g/mol. The number of halogens is 1. The number of hydrogen-bond donors (Lipinski definition) is 2. The lowest BCUT2D eigenvalue weighted by atomic mass is 10.0. The van der Waals surface area contributed by atoms with Crippen molar-refractivity contribution in [3.63, 3.8) is 0 Å². The van der Waals surface area contributed by atoms with E-state index in [-0.39, 0.29) is 11.5 Å². The third kappa shape index (κ3) is 5.62. The van der Waals surface area contributed by atoms with Gasteiger partial charge in [-0.05, 0) is 60.5 Å². The number of benzene rings is 3. The van der Waals surface area contributed by atoms with E-state index in [4.69, 9.17) is 14.2 Å². The van der Waals surface area contributed by atoms with Crippen molar-refractivity contribution in [1.82, 2.24) is 9.55 Å². The van der Waals surface area contributed by atoms with Gasteiger partial charge in [-0.2, -0.15) is 0 Å². The number of anilines is 3. The zero-order chi connectivity index (χ0) is 30.0. The highest BCUT2D eigenvalue weighted by Crippen LogP contribution is 2.46. The predicted octanol–water partition coefficient (Wildman–Crippen LogP) is 6.98. The van der Waals surface area contributed by atoms with Crippen LogP contribution in [-0.2, 0) is 11.3 Å². The topological polar surface area (TPSA) is 104 Å². The highest BCUT2D eigenvalue weighted by atomic mass is 19.1. The lowest BCUT2D eigenvalue weighted by molar-refractivity contribution is 0.102. The van der Waals surface area contributed by atoms with Gasteiger partial charge >= 0.3 is 0 Å². The molecule has 1 atom stereocenters. The molecule has 0 spiro atoms. The number of ether oxygens (including phenoxy) is 3. The first-order valence-corrected chi connectivity index (χ1v) is 14.2. The Bertz CT molecular complexity index is 1900. The molecule has 0 bridgehead atoms. The minimum absolute atomic E-state index is 0.0144. The van der Waals surface area contributed by atoms with Gasteiger partial charge in [0.05, 0.1) is 12.3 Å². The van der Waals surface area contributed by atoms with Crippen LogP contribution in [0.3, 0.4) is 0 Å². The Morgan fingerprint density at radius 1 is 1.05 bits per heavy atom. The van der Waals surface area contributed by atoms with Crippen LogP contribution in [0.4, 0.5) is 21.6 Å². The zero-order valence-corrected chi connectivity index (χ0v) is 23.5. The van der Waals surface area contributed by atoms with E-state index in [0.29, 0.717) is 65.4 Å². The molecule has 0 aliphatic carbocycles. The molecule has 10 heteroatoms. The molecule has 7 rings (SSSR count). The summed E-state index contributed by atoms with van der Waals surface area (Å²) in [6, 6.07) is 21.7. The molecule has 3 aromatic carbocycles. The second-order valence-electron chi connectivity index (χ2n) is 10.6. The van der Waals surface area contributed by atoms with E-state index in [2.05, 4.69) is 15.6 Å². The minimum Gasteiger partial charge on any atom is -0.453 e. The van der Waals surface area contributed by atoms with Gasteiger partial charge in [0.1, 0.15) is 17.1 Å². The minimum atomic E-state index is -0.551. The van der Waals surface area contributed by atoms with Gasteiger partial charge in [0.15, 0.2) is 17.3 Å². The second-order valence-corrected chi connectivity index (χ2v) is 10.6. The molecule has 5 aromatic rings. The van der Waals surface area contributed by atoms with E-state index in [9.17, 15) is 14.0 Å². The summed E-state index contributed by atoms with van der Waals surface area (Å²) in [5.74, 6) is 1.96. The Balaban J connectivity index is 1.11. The standard InChI is InChI=1S/C34H27FN4O5/c35-23-7-5-22(6-8-23)26-18-39(17-21-14-16-42-20-21)19-27(31(26)40)34(41)37-24-9-11-25(12-10-24)43-30-13-15-36-33-32(30)44-29-4-2-1-3-28(29)38-33/h1-13,15,18-19,21H,14,16-17,20H2,(H,36,38)(H,37,41). The highest BCUT2D eigenvalue weighted by molar-refractivity contribution is 6.04. The number of hydrogen-bond acceptors (Lipinski definition) is 7. The first kappa shape index (κ1) is 27.4. The maximum atomic E-state index is 13.6. The molecule has 1 fully saturated rings. The smallest absolute Gasteiger partial charge is 0.261 e. The van der Waals surface area contributed by atoms with E-state index in [0.717, 1.165) is 12.1 Å². The number of pyridine rings is 2. The molecule has 1 amide bonds. The molecule has 1 unspecified atom stereocenters. The van der Waals surface area contributed by atoms with Gasteiger partial charge in [-0.3, -0.25) is 9.59 Å². The van der Waals surface area contributed by atoms with Crippen LogP contribution in [0, 0.1) is 11.7 Å². The van der Waals surface area contributed by atoms with E-state index < -0.39 is 17.2 Å². The maximum absolute atomic E-state index is 13.6. The van der Waals surface area contributed by atoms with E-state index >= 15 is 0 Å². The molecule has 1 saturated heterocycles. The average Bonchev–Trinajstić information content (AvgIpc) is 3.55. The summed E-state index contributed by atoms with van der Waals surface area (Å²) in [4.78, 5) is 31.3. The van der Waals surface area contributed by atoms with Gasteiger partial charge in [-0.1, -0.05) is 24.3 Å². The largest absolute Gasteiger partial charge is 0.453 e. The van der Waals surface area contributed by atoms with Crippen molar-refractivity contribution < 1.29 is 23.4 Å². The first-order chi connectivity index (χ1) is 21.5. The summed E-state index contributed by atoms with van der Waals surface area (Å²) < 4.78 is 33.1. The van der Waals surface area contributed by atoms with Crippen molar-refractivity contribution in [2.24, 2.45) is 5.92 Å². The summed E-state index contributed by atoms with van der Waals surface area (Å²) in [6.07, 6.45) is 5.80. The van der Waals surface area contributed by atoms with Crippen LogP contribution in [0.25, 0.3) is 11.1 Å². The molecule has 2 N–H and O–H groups in total. The molecule has 9 nitrogen and oxygen atoms in total. The highest BCUT2D eigenvalue weighted by Gasteiger charge is 2.23. The molecule has 0 radical (unpaired) electrons. The number of para-hydroxylation sites is 2.